The number of carbonyl (C=O) groups is 2. The number of rotatable bonds is 9. The summed E-state index contributed by atoms with van der Waals surface area (Å²) in [7, 11) is 0. The van der Waals surface area contributed by atoms with Crippen LogP contribution in [0.3, 0.4) is 0 Å². The lowest BCUT2D eigenvalue weighted by Crippen LogP contribution is -2.43. The lowest BCUT2D eigenvalue weighted by molar-refractivity contribution is -0.274. The van der Waals surface area contributed by atoms with Crippen LogP contribution in [0.15, 0.2) is 54.6 Å². The maximum Gasteiger partial charge on any atom is 0.573 e. The fourth-order valence-corrected chi connectivity index (χ4v) is 5.39. The van der Waals surface area contributed by atoms with Gasteiger partial charge in [0.15, 0.2) is 0 Å². The summed E-state index contributed by atoms with van der Waals surface area (Å²) in [5.74, 6) is -0.209. The number of nitrogens with one attached hydrogen (secondary N) is 1. The molecule has 2 amide bonds. The molecule has 1 N–H and O–H groups in total. The van der Waals surface area contributed by atoms with E-state index in [0.717, 1.165) is 50.0 Å². The van der Waals surface area contributed by atoms with Crippen molar-refractivity contribution in [3.63, 3.8) is 0 Å². The van der Waals surface area contributed by atoms with Crippen molar-refractivity contribution in [2.45, 2.75) is 58.5 Å². The molecule has 6 nitrogen and oxygen atoms in total. The Balaban J connectivity index is 1.28. The van der Waals surface area contributed by atoms with Crippen LogP contribution in [0.1, 0.15) is 56.7 Å². The van der Waals surface area contributed by atoms with Gasteiger partial charge in [0.05, 0.1) is 6.04 Å². The SMILES string of the molecule is CC(C)C(=O)NC(CCN1CCC2(CC1)CC(=O)N(Cc1ccc(OC(F)(F)F)cc1)C2)c1ccccc1. The second-order valence-electron chi connectivity index (χ2n) is 10.9. The van der Waals surface area contributed by atoms with Crippen LogP contribution < -0.4 is 10.1 Å². The highest BCUT2D eigenvalue weighted by Gasteiger charge is 2.44. The predicted molar refractivity (Wildman–Crippen MR) is 138 cm³/mol. The molecule has 2 saturated heterocycles. The molecule has 1 atom stereocenters. The molecular formula is C29H36F3N3O3. The van der Waals surface area contributed by atoms with Crippen LogP contribution in [0.2, 0.25) is 0 Å². The number of hydrogen-bond donors (Lipinski definition) is 1. The Labute approximate surface area is 222 Å². The van der Waals surface area contributed by atoms with E-state index in [2.05, 4.69) is 15.0 Å². The standard InChI is InChI=1S/C29H36F3N3O3/c1-21(2)27(37)33-25(23-6-4-3-5-7-23)12-15-34-16-13-28(14-17-34)18-26(36)35(20-28)19-22-8-10-24(11-9-22)38-29(30,31)32/h3-11,21,25H,12-20H2,1-2H3,(H,33,37). The molecule has 2 aliphatic heterocycles. The van der Waals surface area contributed by atoms with Gasteiger partial charge in [-0.15, -0.1) is 13.2 Å². The van der Waals surface area contributed by atoms with Crippen LogP contribution in [-0.4, -0.2) is 54.2 Å². The Morgan fingerprint density at radius 1 is 1.05 bits per heavy atom. The Morgan fingerprint density at radius 2 is 1.71 bits per heavy atom. The van der Waals surface area contributed by atoms with Gasteiger partial charge in [-0.25, -0.2) is 0 Å². The molecule has 2 aromatic carbocycles. The van der Waals surface area contributed by atoms with Gasteiger partial charge in [-0.2, -0.15) is 0 Å². The molecule has 0 aromatic heterocycles. The van der Waals surface area contributed by atoms with E-state index < -0.39 is 6.36 Å². The van der Waals surface area contributed by atoms with Crippen molar-refractivity contribution in [1.82, 2.24) is 15.1 Å². The van der Waals surface area contributed by atoms with Crippen molar-refractivity contribution < 1.29 is 27.5 Å². The third kappa shape index (κ3) is 7.49. The smallest absolute Gasteiger partial charge is 0.406 e. The van der Waals surface area contributed by atoms with E-state index in [9.17, 15) is 22.8 Å². The predicted octanol–water partition coefficient (Wildman–Crippen LogP) is 5.30. The van der Waals surface area contributed by atoms with Crippen LogP contribution in [0.25, 0.3) is 0 Å². The van der Waals surface area contributed by atoms with E-state index >= 15 is 0 Å². The third-order valence-electron chi connectivity index (χ3n) is 7.63. The van der Waals surface area contributed by atoms with E-state index in [1.165, 1.54) is 12.1 Å². The minimum atomic E-state index is -4.72. The number of piperidine rings is 1. The summed E-state index contributed by atoms with van der Waals surface area (Å²) >= 11 is 0. The average molecular weight is 532 g/mol. The first kappa shape index (κ1) is 28.0. The molecule has 1 unspecified atom stereocenters. The first-order valence-corrected chi connectivity index (χ1v) is 13.2. The quantitative estimate of drug-likeness (QED) is 0.477. The minimum absolute atomic E-state index is 0.0431. The molecule has 206 valence electrons. The van der Waals surface area contributed by atoms with Gasteiger partial charge in [-0.3, -0.25) is 9.59 Å². The lowest BCUT2D eigenvalue weighted by Gasteiger charge is -2.39. The fraction of sp³-hybridized carbons (Fsp3) is 0.517. The Morgan fingerprint density at radius 3 is 2.32 bits per heavy atom. The van der Waals surface area contributed by atoms with Crippen LogP contribution in [-0.2, 0) is 16.1 Å². The monoisotopic (exact) mass is 531 g/mol. The van der Waals surface area contributed by atoms with Crippen molar-refractivity contribution >= 4 is 11.8 Å². The first-order chi connectivity index (χ1) is 18.0. The summed E-state index contributed by atoms with van der Waals surface area (Å²) in [6.45, 7) is 7.48. The van der Waals surface area contributed by atoms with Gasteiger partial charge in [0, 0.05) is 32.0 Å². The summed E-state index contributed by atoms with van der Waals surface area (Å²) in [6.07, 6.45) is -1.57. The Hall–Kier alpha value is -3.07. The van der Waals surface area contributed by atoms with Gasteiger partial charge in [0.25, 0.3) is 0 Å². The first-order valence-electron chi connectivity index (χ1n) is 13.2. The molecular weight excluding hydrogens is 495 g/mol. The van der Waals surface area contributed by atoms with E-state index in [1.807, 2.05) is 49.1 Å². The summed E-state index contributed by atoms with van der Waals surface area (Å²) < 4.78 is 41.1. The van der Waals surface area contributed by atoms with Crippen molar-refractivity contribution in [3.8, 4) is 5.75 Å². The van der Waals surface area contributed by atoms with E-state index in [1.54, 1.807) is 12.1 Å². The average Bonchev–Trinajstić information content (AvgIpc) is 3.17. The number of ether oxygens (including phenoxy) is 1. The van der Waals surface area contributed by atoms with Gasteiger partial charge < -0.3 is 19.9 Å². The maximum absolute atomic E-state index is 12.8. The Bertz CT molecular complexity index is 1080. The van der Waals surface area contributed by atoms with Gasteiger partial charge in [-0.05, 0) is 61.0 Å². The molecule has 2 aromatic rings. The van der Waals surface area contributed by atoms with Gasteiger partial charge in [-0.1, -0.05) is 56.3 Å². The second-order valence-corrected chi connectivity index (χ2v) is 10.9. The zero-order valence-corrected chi connectivity index (χ0v) is 22.0. The van der Waals surface area contributed by atoms with E-state index in [0.29, 0.717) is 19.5 Å². The van der Waals surface area contributed by atoms with E-state index in [-0.39, 0.29) is 34.9 Å². The van der Waals surface area contributed by atoms with Gasteiger partial charge in [0.2, 0.25) is 11.8 Å². The Kier molecular flexibility index (Phi) is 8.65. The van der Waals surface area contributed by atoms with Crippen LogP contribution in [0.4, 0.5) is 13.2 Å². The highest BCUT2D eigenvalue weighted by atomic mass is 19.4. The molecule has 1 spiro atoms. The summed E-state index contributed by atoms with van der Waals surface area (Å²) in [4.78, 5) is 29.4. The number of nitrogens with zero attached hydrogens (tertiary/aromatic N) is 2. The highest BCUT2D eigenvalue weighted by Crippen LogP contribution is 2.41. The summed E-state index contributed by atoms with van der Waals surface area (Å²) in [5, 5.41) is 3.19. The minimum Gasteiger partial charge on any atom is -0.406 e. The number of carbonyl (C=O) groups excluding carboxylic acids is 2. The topological polar surface area (TPSA) is 61.9 Å². The zero-order valence-electron chi connectivity index (χ0n) is 22.0. The molecule has 0 bridgehead atoms. The molecule has 38 heavy (non-hydrogen) atoms. The van der Waals surface area contributed by atoms with Crippen molar-refractivity contribution in [1.29, 1.82) is 0 Å². The molecule has 0 aliphatic carbocycles. The maximum atomic E-state index is 12.8. The molecule has 9 heteroatoms. The summed E-state index contributed by atoms with van der Waals surface area (Å²) in [6, 6.07) is 15.7. The third-order valence-corrected chi connectivity index (χ3v) is 7.63. The molecule has 2 fully saturated rings. The molecule has 0 saturated carbocycles. The largest absolute Gasteiger partial charge is 0.573 e. The van der Waals surface area contributed by atoms with Gasteiger partial charge in [0.1, 0.15) is 5.75 Å². The summed E-state index contributed by atoms with van der Waals surface area (Å²) in [5.41, 5.74) is 1.82. The number of alkyl halides is 3. The number of hydrogen-bond acceptors (Lipinski definition) is 4. The second kappa shape index (κ2) is 11.8. The van der Waals surface area contributed by atoms with Crippen molar-refractivity contribution in [2.24, 2.45) is 11.3 Å². The van der Waals surface area contributed by atoms with Crippen molar-refractivity contribution in [2.75, 3.05) is 26.2 Å². The number of likely N-dealkylation sites (tertiary alicyclic amines) is 2. The zero-order chi connectivity index (χ0) is 27.3. The number of benzene rings is 2. The number of halogens is 3. The molecule has 0 radical (unpaired) electrons. The van der Waals surface area contributed by atoms with Crippen LogP contribution in [0.5, 0.6) is 5.75 Å². The highest BCUT2D eigenvalue weighted by molar-refractivity contribution is 5.79. The molecule has 2 heterocycles. The van der Waals surface area contributed by atoms with Crippen LogP contribution in [0, 0.1) is 11.3 Å². The van der Waals surface area contributed by atoms with Crippen LogP contribution >= 0.6 is 0 Å². The molecule has 2 aliphatic rings. The molecule has 4 rings (SSSR count). The fourth-order valence-electron chi connectivity index (χ4n) is 5.39. The lowest BCUT2D eigenvalue weighted by atomic mass is 9.77. The van der Waals surface area contributed by atoms with E-state index in [4.69, 9.17) is 0 Å². The normalized spacial score (nSPS) is 18.7. The van der Waals surface area contributed by atoms with Gasteiger partial charge >= 0.3 is 6.36 Å². The number of amides is 2. The van der Waals surface area contributed by atoms with Crippen molar-refractivity contribution in [3.05, 3.63) is 65.7 Å².